The van der Waals surface area contributed by atoms with Crippen LogP contribution in [0.1, 0.15) is 60.2 Å². The molecule has 0 fully saturated rings. The molecule has 3 nitrogen and oxygen atoms in total. The van der Waals surface area contributed by atoms with Gasteiger partial charge in [-0.2, -0.15) is 13.2 Å². The van der Waals surface area contributed by atoms with Gasteiger partial charge in [-0.1, -0.05) is 66.7 Å². The number of rotatable bonds is 10. The number of alkyl halides is 3. The van der Waals surface area contributed by atoms with E-state index in [2.05, 4.69) is 59.0 Å². The standard InChI is InChI=1S/C32H35F3N2O/c1-36(23-26-18-21-37-28(14-17-30(26)37)22-24-8-4-2-5-9-24)20-19-31(25-10-6-3-7-11-25)38-29-15-12-27(13-16-29)32(33,34)35/h2-12,14-15,17,26,31H,13,16,18-23H2,1H3/t26?,31-/m0/s1. The molecule has 0 N–H and O–H groups in total. The number of hydrogen-bond acceptors (Lipinski definition) is 2. The van der Waals surface area contributed by atoms with E-state index in [1.807, 2.05) is 30.3 Å². The van der Waals surface area contributed by atoms with Gasteiger partial charge in [0.15, 0.2) is 0 Å². The van der Waals surface area contributed by atoms with Gasteiger partial charge in [-0.3, -0.25) is 0 Å². The molecule has 1 unspecified atom stereocenters. The van der Waals surface area contributed by atoms with Gasteiger partial charge in [0.05, 0.1) is 5.76 Å². The maximum absolute atomic E-state index is 13.0. The van der Waals surface area contributed by atoms with Gasteiger partial charge in [0.25, 0.3) is 0 Å². The highest BCUT2D eigenvalue weighted by Crippen LogP contribution is 2.36. The molecule has 1 aliphatic heterocycles. The van der Waals surface area contributed by atoms with E-state index in [0.717, 1.165) is 50.5 Å². The minimum absolute atomic E-state index is 0.0374. The molecule has 6 heteroatoms. The zero-order valence-electron chi connectivity index (χ0n) is 21.8. The van der Waals surface area contributed by atoms with Crippen LogP contribution in [0.2, 0.25) is 0 Å². The van der Waals surface area contributed by atoms with Crippen molar-refractivity contribution >= 4 is 0 Å². The molecular formula is C32H35F3N2O. The first kappa shape index (κ1) is 26.4. The predicted octanol–water partition coefficient (Wildman–Crippen LogP) is 7.81. The van der Waals surface area contributed by atoms with Crippen LogP contribution in [0.5, 0.6) is 0 Å². The quantitative estimate of drug-likeness (QED) is 0.271. The Balaban J connectivity index is 1.20. The van der Waals surface area contributed by atoms with E-state index in [9.17, 15) is 13.2 Å². The first-order valence-corrected chi connectivity index (χ1v) is 13.5. The lowest BCUT2D eigenvalue weighted by Gasteiger charge is -2.27. The maximum atomic E-state index is 13.0. The monoisotopic (exact) mass is 520 g/mol. The molecule has 0 radical (unpaired) electrons. The highest BCUT2D eigenvalue weighted by Gasteiger charge is 2.34. The lowest BCUT2D eigenvalue weighted by molar-refractivity contribution is -0.0945. The van der Waals surface area contributed by atoms with Crippen LogP contribution < -0.4 is 0 Å². The van der Waals surface area contributed by atoms with Gasteiger partial charge < -0.3 is 14.2 Å². The van der Waals surface area contributed by atoms with Crippen molar-refractivity contribution in [3.8, 4) is 0 Å². The van der Waals surface area contributed by atoms with E-state index in [1.54, 1.807) is 0 Å². The van der Waals surface area contributed by atoms with Crippen molar-refractivity contribution in [3.05, 3.63) is 119 Å². The number of hydrogen-bond donors (Lipinski definition) is 0. The van der Waals surface area contributed by atoms with Gasteiger partial charge in [0.2, 0.25) is 0 Å². The molecule has 0 saturated heterocycles. The Morgan fingerprint density at radius 3 is 2.37 bits per heavy atom. The third kappa shape index (κ3) is 6.41. The van der Waals surface area contributed by atoms with E-state index in [4.69, 9.17) is 4.74 Å². The topological polar surface area (TPSA) is 17.4 Å². The summed E-state index contributed by atoms with van der Waals surface area (Å²) in [6, 6.07) is 25.1. The van der Waals surface area contributed by atoms with Gasteiger partial charge in [0, 0.05) is 61.8 Å². The number of likely N-dealkylation sites (N-methyl/N-ethyl adjacent to an activating group) is 1. The van der Waals surface area contributed by atoms with Crippen LogP contribution in [0.25, 0.3) is 0 Å². The fraction of sp³-hybridized carbons (Fsp3) is 0.375. The Morgan fingerprint density at radius 1 is 0.947 bits per heavy atom. The zero-order valence-corrected chi connectivity index (χ0v) is 21.8. The molecule has 3 aromatic rings. The van der Waals surface area contributed by atoms with E-state index in [-0.39, 0.29) is 18.9 Å². The van der Waals surface area contributed by atoms with Crippen molar-refractivity contribution in [2.24, 2.45) is 0 Å². The predicted molar refractivity (Wildman–Crippen MR) is 145 cm³/mol. The average Bonchev–Trinajstić information content (AvgIpc) is 3.50. The number of allylic oxidation sites excluding steroid dienone is 4. The molecule has 2 heterocycles. The third-order valence-corrected chi connectivity index (χ3v) is 7.70. The van der Waals surface area contributed by atoms with E-state index in [1.165, 1.54) is 23.0 Å². The van der Waals surface area contributed by atoms with Crippen LogP contribution in [-0.2, 0) is 17.7 Å². The molecule has 5 rings (SSSR count). The summed E-state index contributed by atoms with van der Waals surface area (Å²) in [5, 5.41) is 0. The van der Waals surface area contributed by atoms with Crippen LogP contribution in [0.3, 0.4) is 0 Å². The number of ether oxygens (including phenoxy) is 1. The van der Waals surface area contributed by atoms with Crippen molar-refractivity contribution in [3.63, 3.8) is 0 Å². The number of aromatic nitrogens is 1. The fourth-order valence-corrected chi connectivity index (χ4v) is 5.64. The summed E-state index contributed by atoms with van der Waals surface area (Å²) in [6.45, 7) is 2.86. The molecule has 1 aliphatic carbocycles. The molecule has 0 saturated carbocycles. The zero-order chi connectivity index (χ0) is 26.5. The van der Waals surface area contributed by atoms with E-state index >= 15 is 0 Å². The maximum Gasteiger partial charge on any atom is 0.412 e. The molecule has 0 spiro atoms. The number of halogens is 3. The third-order valence-electron chi connectivity index (χ3n) is 7.70. The Morgan fingerprint density at radius 2 is 1.68 bits per heavy atom. The Kier molecular flexibility index (Phi) is 8.08. The number of fused-ring (bicyclic) bond motifs is 1. The lowest BCUT2D eigenvalue weighted by atomic mass is 10.0. The van der Waals surface area contributed by atoms with E-state index in [0.29, 0.717) is 11.7 Å². The van der Waals surface area contributed by atoms with Crippen molar-refractivity contribution < 1.29 is 17.9 Å². The lowest BCUT2D eigenvalue weighted by Crippen LogP contribution is -2.26. The summed E-state index contributed by atoms with van der Waals surface area (Å²) in [5.74, 6) is 1.11. The largest absolute Gasteiger partial charge is 0.490 e. The summed E-state index contributed by atoms with van der Waals surface area (Å²) in [4.78, 5) is 2.36. The van der Waals surface area contributed by atoms with Crippen LogP contribution in [0.4, 0.5) is 13.2 Å². The SMILES string of the molecule is CN(CC[C@H](OC1=CC=C(C(F)(F)F)CC1)c1ccccc1)CC1CCn2c(Cc3ccccc3)ccc21. The highest BCUT2D eigenvalue weighted by molar-refractivity contribution is 5.29. The minimum Gasteiger partial charge on any atom is -0.490 e. The minimum atomic E-state index is -4.27. The second-order valence-electron chi connectivity index (χ2n) is 10.4. The second kappa shape index (κ2) is 11.6. The van der Waals surface area contributed by atoms with Crippen molar-refractivity contribution in [2.45, 2.75) is 56.8 Å². The smallest absolute Gasteiger partial charge is 0.412 e. The number of nitrogens with zero attached hydrogens (tertiary/aromatic N) is 2. The van der Waals surface area contributed by atoms with Gasteiger partial charge in [0.1, 0.15) is 6.10 Å². The molecule has 1 aromatic heterocycles. The highest BCUT2D eigenvalue weighted by atomic mass is 19.4. The van der Waals surface area contributed by atoms with Gasteiger partial charge in [-0.05, 0) is 49.2 Å². The molecular weight excluding hydrogens is 485 g/mol. The molecule has 2 atom stereocenters. The Hall–Kier alpha value is -3.25. The van der Waals surface area contributed by atoms with Crippen LogP contribution >= 0.6 is 0 Å². The second-order valence-corrected chi connectivity index (χ2v) is 10.4. The van der Waals surface area contributed by atoms with Gasteiger partial charge in [-0.25, -0.2) is 0 Å². The normalized spacial score (nSPS) is 18.2. The van der Waals surface area contributed by atoms with Gasteiger partial charge >= 0.3 is 6.18 Å². The summed E-state index contributed by atoms with van der Waals surface area (Å²) >= 11 is 0. The van der Waals surface area contributed by atoms with Crippen LogP contribution in [0, 0.1) is 0 Å². The molecule has 0 amide bonds. The first-order chi connectivity index (χ1) is 18.4. The van der Waals surface area contributed by atoms with Crippen molar-refractivity contribution in [2.75, 3.05) is 20.1 Å². The molecule has 200 valence electrons. The molecule has 38 heavy (non-hydrogen) atoms. The Bertz CT molecular complexity index is 1260. The van der Waals surface area contributed by atoms with E-state index < -0.39 is 11.7 Å². The average molecular weight is 521 g/mol. The Labute approximate surface area is 223 Å². The molecule has 0 bridgehead atoms. The summed E-state index contributed by atoms with van der Waals surface area (Å²) in [7, 11) is 2.15. The van der Waals surface area contributed by atoms with Crippen LogP contribution in [0.15, 0.2) is 96.3 Å². The van der Waals surface area contributed by atoms with Crippen molar-refractivity contribution in [1.29, 1.82) is 0 Å². The van der Waals surface area contributed by atoms with Crippen molar-refractivity contribution in [1.82, 2.24) is 9.47 Å². The van der Waals surface area contributed by atoms with Gasteiger partial charge in [-0.15, -0.1) is 0 Å². The molecule has 2 aromatic carbocycles. The fourth-order valence-electron chi connectivity index (χ4n) is 5.64. The summed E-state index contributed by atoms with van der Waals surface area (Å²) in [6.07, 6.45) is 1.28. The molecule has 2 aliphatic rings. The first-order valence-electron chi connectivity index (χ1n) is 13.5. The van der Waals surface area contributed by atoms with Crippen LogP contribution in [-0.4, -0.2) is 35.8 Å². The summed E-state index contributed by atoms with van der Waals surface area (Å²) in [5.41, 5.74) is 4.68. The number of benzene rings is 2. The summed E-state index contributed by atoms with van der Waals surface area (Å²) < 4.78 is 47.8.